The summed E-state index contributed by atoms with van der Waals surface area (Å²) in [5.41, 5.74) is 9.72. The van der Waals surface area contributed by atoms with Crippen LogP contribution in [0, 0.1) is 0 Å². The third kappa shape index (κ3) is 3.72. The average Bonchev–Trinajstić information content (AvgIpc) is 2.66. The Bertz CT molecular complexity index is 774. The maximum atomic E-state index is 12.7. The van der Waals surface area contributed by atoms with Crippen molar-refractivity contribution in [2.45, 2.75) is 25.4 Å². The number of methoxy groups -OCH3 is 1. The molecule has 1 heterocycles. The fourth-order valence-electron chi connectivity index (χ4n) is 3.29. The van der Waals surface area contributed by atoms with Crippen molar-refractivity contribution in [3.05, 3.63) is 70.8 Å². The van der Waals surface area contributed by atoms with Crippen LogP contribution in [-0.4, -0.2) is 36.5 Å². The Balaban J connectivity index is 1.72. The number of esters is 1. The Morgan fingerprint density at radius 2 is 1.92 bits per heavy atom. The first-order chi connectivity index (χ1) is 12.1. The second kappa shape index (κ2) is 7.49. The molecule has 0 spiro atoms. The molecule has 5 nitrogen and oxygen atoms in total. The number of hydrogen-bond donors (Lipinski definition) is 1. The van der Waals surface area contributed by atoms with Gasteiger partial charge in [-0.15, -0.1) is 0 Å². The summed E-state index contributed by atoms with van der Waals surface area (Å²) in [4.78, 5) is 26.4. The summed E-state index contributed by atoms with van der Waals surface area (Å²) in [5.74, 6) is -0.393. The van der Waals surface area contributed by atoms with Gasteiger partial charge in [0, 0.05) is 13.1 Å². The summed E-state index contributed by atoms with van der Waals surface area (Å²) in [5, 5.41) is 0. The highest BCUT2D eigenvalue weighted by Gasteiger charge is 2.27. The summed E-state index contributed by atoms with van der Waals surface area (Å²) >= 11 is 0. The van der Waals surface area contributed by atoms with Gasteiger partial charge in [0.2, 0.25) is 5.91 Å². The van der Waals surface area contributed by atoms with E-state index >= 15 is 0 Å². The number of carbonyl (C=O) groups excluding carboxylic acids is 2. The first kappa shape index (κ1) is 17.2. The maximum Gasteiger partial charge on any atom is 0.338 e. The van der Waals surface area contributed by atoms with Crippen LogP contribution in [0.2, 0.25) is 0 Å². The van der Waals surface area contributed by atoms with Gasteiger partial charge in [-0.2, -0.15) is 0 Å². The summed E-state index contributed by atoms with van der Waals surface area (Å²) < 4.78 is 4.84. The zero-order valence-corrected chi connectivity index (χ0v) is 14.3. The van der Waals surface area contributed by atoms with E-state index in [0.29, 0.717) is 31.5 Å². The molecule has 0 unspecified atom stereocenters. The maximum absolute atomic E-state index is 12.7. The molecule has 1 atom stereocenters. The lowest BCUT2D eigenvalue weighted by Crippen LogP contribution is -2.47. The first-order valence-corrected chi connectivity index (χ1v) is 8.37. The third-order valence-corrected chi connectivity index (χ3v) is 4.60. The van der Waals surface area contributed by atoms with E-state index in [1.54, 1.807) is 11.0 Å². The van der Waals surface area contributed by atoms with E-state index in [2.05, 4.69) is 0 Å². The predicted octanol–water partition coefficient (Wildman–Crippen LogP) is 1.93. The van der Waals surface area contributed by atoms with Crippen molar-refractivity contribution >= 4 is 11.9 Å². The lowest BCUT2D eigenvalue weighted by atomic mass is 9.94. The fraction of sp³-hybridized carbons (Fsp3) is 0.300. The minimum Gasteiger partial charge on any atom is -0.465 e. The monoisotopic (exact) mass is 338 g/mol. The number of fused-ring (bicyclic) bond motifs is 1. The molecule has 25 heavy (non-hydrogen) atoms. The van der Waals surface area contributed by atoms with Gasteiger partial charge in [0.15, 0.2) is 0 Å². The van der Waals surface area contributed by atoms with Crippen LogP contribution < -0.4 is 5.73 Å². The molecule has 2 aromatic carbocycles. The predicted molar refractivity (Wildman–Crippen MR) is 95.0 cm³/mol. The van der Waals surface area contributed by atoms with Crippen molar-refractivity contribution in [2.75, 3.05) is 13.7 Å². The highest BCUT2D eigenvalue weighted by molar-refractivity contribution is 5.91. The van der Waals surface area contributed by atoms with E-state index in [4.69, 9.17) is 10.5 Å². The van der Waals surface area contributed by atoms with Gasteiger partial charge in [-0.1, -0.05) is 42.5 Å². The van der Waals surface area contributed by atoms with Crippen molar-refractivity contribution in [3.63, 3.8) is 0 Å². The minimum atomic E-state index is -0.562. The number of nitrogens with two attached hydrogens (primary N) is 1. The number of ether oxygens (including phenoxy) is 1. The van der Waals surface area contributed by atoms with Gasteiger partial charge in [-0.3, -0.25) is 4.79 Å². The van der Waals surface area contributed by atoms with Gasteiger partial charge >= 0.3 is 5.97 Å². The number of carbonyl (C=O) groups is 2. The van der Waals surface area contributed by atoms with Crippen LogP contribution in [0.1, 0.15) is 27.0 Å². The Hall–Kier alpha value is -2.66. The summed E-state index contributed by atoms with van der Waals surface area (Å²) in [7, 11) is 1.38. The fourth-order valence-corrected chi connectivity index (χ4v) is 3.29. The van der Waals surface area contributed by atoms with E-state index in [9.17, 15) is 9.59 Å². The smallest absolute Gasteiger partial charge is 0.338 e. The zero-order valence-electron chi connectivity index (χ0n) is 14.3. The largest absolute Gasteiger partial charge is 0.465 e. The average molecular weight is 338 g/mol. The Morgan fingerprint density at radius 3 is 2.64 bits per heavy atom. The van der Waals surface area contributed by atoms with E-state index in [1.807, 2.05) is 42.5 Å². The first-order valence-electron chi connectivity index (χ1n) is 8.37. The van der Waals surface area contributed by atoms with E-state index in [1.165, 1.54) is 7.11 Å². The normalized spacial score (nSPS) is 14.6. The summed E-state index contributed by atoms with van der Waals surface area (Å²) in [6.07, 6.45) is 1.15. The quantitative estimate of drug-likeness (QED) is 0.865. The lowest BCUT2D eigenvalue weighted by Gasteiger charge is -2.31. The molecule has 2 N–H and O–H groups in total. The molecule has 5 heteroatoms. The molecular formula is C20H22N2O3. The molecule has 0 saturated heterocycles. The molecule has 1 aliphatic heterocycles. The number of benzene rings is 2. The van der Waals surface area contributed by atoms with Crippen LogP contribution in [0.25, 0.3) is 0 Å². The highest BCUT2D eigenvalue weighted by Crippen LogP contribution is 2.23. The molecule has 0 fully saturated rings. The van der Waals surface area contributed by atoms with E-state index < -0.39 is 6.04 Å². The molecule has 0 radical (unpaired) electrons. The molecule has 1 amide bonds. The molecular weight excluding hydrogens is 316 g/mol. The van der Waals surface area contributed by atoms with Crippen LogP contribution in [0.3, 0.4) is 0 Å². The molecule has 2 aromatic rings. The number of hydrogen-bond acceptors (Lipinski definition) is 4. The zero-order chi connectivity index (χ0) is 17.8. The third-order valence-electron chi connectivity index (χ3n) is 4.60. The lowest BCUT2D eigenvalue weighted by molar-refractivity contribution is -0.133. The van der Waals surface area contributed by atoms with Crippen molar-refractivity contribution in [3.8, 4) is 0 Å². The van der Waals surface area contributed by atoms with E-state index in [0.717, 1.165) is 16.7 Å². The van der Waals surface area contributed by atoms with Crippen molar-refractivity contribution in [2.24, 2.45) is 5.73 Å². The molecule has 1 aliphatic rings. The van der Waals surface area contributed by atoms with Crippen LogP contribution >= 0.6 is 0 Å². The highest BCUT2D eigenvalue weighted by atomic mass is 16.5. The molecule has 3 rings (SSSR count). The van der Waals surface area contributed by atoms with Gasteiger partial charge in [0.25, 0.3) is 0 Å². The van der Waals surface area contributed by atoms with Crippen LogP contribution in [-0.2, 0) is 28.9 Å². The van der Waals surface area contributed by atoms with Gasteiger partial charge < -0.3 is 15.4 Å². The Morgan fingerprint density at radius 1 is 1.16 bits per heavy atom. The van der Waals surface area contributed by atoms with Gasteiger partial charge in [-0.05, 0) is 35.6 Å². The molecule has 0 aromatic heterocycles. The number of nitrogens with zero attached hydrogens (tertiary/aromatic N) is 1. The SMILES string of the molecule is COC(=O)c1cccc2c1CCN(C(=O)[C@@H](N)Cc1ccccc1)C2. The molecule has 0 bridgehead atoms. The van der Waals surface area contributed by atoms with Crippen molar-refractivity contribution < 1.29 is 14.3 Å². The van der Waals surface area contributed by atoms with E-state index in [-0.39, 0.29) is 11.9 Å². The summed E-state index contributed by atoms with van der Waals surface area (Å²) in [6.45, 7) is 1.03. The molecule has 0 saturated carbocycles. The van der Waals surface area contributed by atoms with Crippen molar-refractivity contribution in [1.82, 2.24) is 4.90 Å². The topological polar surface area (TPSA) is 72.6 Å². The second-order valence-corrected chi connectivity index (χ2v) is 6.24. The van der Waals surface area contributed by atoms with Crippen LogP contribution in [0.4, 0.5) is 0 Å². The second-order valence-electron chi connectivity index (χ2n) is 6.24. The van der Waals surface area contributed by atoms with Gasteiger partial charge in [0.1, 0.15) is 0 Å². The Labute approximate surface area is 147 Å². The van der Waals surface area contributed by atoms with Crippen LogP contribution in [0.5, 0.6) is 0 Å². The summed E-state index contributed by atoms with van der Waals surface area (Å²) in [6, 6.07) is 14.7. The van der Waals surface area contributed by atoms with Gasteiger partial charge in [0.05, 0.1) is 18.7 Å². The standard InChI is InChI=1S/C20H22N2O3/c1-25-20(24)17-9-5-8-15-13-22(11-10-16(15)17)19(23)18(21)12-14-6-3-2-4-7-14/h2-9,18H,10-13,21H2,1H3/t18-/m0/s1. The minimum absolute atomic E-state index is 0.0574. The molecule has 130 valence electrons. The number of amides is 1. The van der Waals surface area contributed by atoms with Crippen LogP contribution in [0.15, 0.2) is 48.5 Å². The molecule has 0 aliphatic carbocycles. The van der Waals surface area contributed by atoms with Crippen molar-refractivity contribution in [1.29, 1.82) is 0 Å². The Kier molecular flexibility index (Phi) is 5.14. The number of rotatable bonds is 4. The van der Waals surface area contributed by atoms with Gasteiger partial charge in [-0.25, -0.2) is 4.79 Å².